The molecule has 0 fully saturated rings. The van der Waals surface area contributed by atoms with E-state index in [0.717, 1.165) is 0 Å². The fourth-order valence-corrected chi connectivity index (χ4v) is 5.57. The number of fused-ring (bicyclic) bond motifs is 1. The molecule has 0 amide bonds. The molecule has 2 aromatic carbocycles. The number of carbonyl (C=O) groups is 1. The third kappa shape index (κ3) is 5.62. The summed E-state index contributed by atoms with van der Waals surface area (Å²) in [6.45, 7) is 3.44. The van der Waals surface area contributed by atoms with Gasteiger partial charge in [-0.05, 0) is 55.3 Å². The van der Waals surface area contributed by atoms with E-state index in [0.29, 0.717) is 54.9 Å². The Balaban J connectivity index is 1.95. The summed E-state index contributed by atoms with van der Waals surface area (Å²) in [7, 11) is 5.97. The van der Waals surface area contributed by atoms with Crippen molar-refractivity contribution in [2.24, 2.45) is 4.99 Å². The number of esters is 1. The molecule has 41 heavy (non-hydrogen) atoms. The summed E-state index contributed by atoms with van der Waals surface area (Å²) in [6.07, 6.45) is 1.70. The molecule has 12 heteroatoms. The molecule has 0 bridgehead atoms. The lowest BCUT2D eigenvalue weighted by atomic mass is 9.95. The van der Waals surface area contributed by atoms with Crippen molar-refractivity contribution in [3.8, 4) is 34.8 Å². The Kier molecular flexibility index (Phi) is 8.99. The number of nitriles is 1. The van der Waals surface area contributed by atoms with E-state index in [9.17, 15) is 9.59 Å². The van der Waals surface area contributed by atoms with Gasteiger partial charge >= 0.3 is 5.97 Å². The fraction of sp³-hybridized carbons (Fsp3) is 0.310. The van der Waals surface area contributed by atoms with E-state index in [-0.39, 0.29) is 24.3 Å². The number of thiazole rings is 1. The molecule has 2 heterocycles. The molecule has 0 radical (unpaired) electrons. The van der Waals surface area contributed by atoms with Crippen LogP contribution >= 0.6 is 11.3 Å². The molecule has 214 valence electrons. The van der Waals surface area contributed by atoms with Gasteiger partial charge in [0.2, 0.25) is 5.75 Å². The van der Waals surface area contributed by atoms with Gasteiger partial charge in [0.05, 0.1) is 56.9 Å². The zero-order valence-corrected chi connectivity index (χ0v) is 24.3. The maximum Gasteiger partial charge on any atom is 0.338 e. The molecule has 0 unspecified atom stereocenters. The molecule has 0 N–H and O–H groups in total. The van der Waals surface area contributed by atoms with Crippen LogP contribution in [0.1, 0.15) is 31.0 Å². The number of benzene rings is 2. The quantitative estimate of drug-likeness (QED) is 0.333. The van der Waals surface area contributed by atoms with Crippen molar-refractivity contribution in [2.45, 2.75) is 19.9 Å². The van der Waals surface area contributed by atoms with Crippen molar-refractivity contribution in [1.82, 2.24) is 4.57 Å². The highest BCUT2D eigenvalue weighted by Crippen LogP contribution is 2.42. The number of hydrogen-bond acceptors (Lipinski definition) is 11. The zero-order chi connectivity index (χ0) is 29.7. The minimum atomic E-state index is -0.877. The minimum Gasteiger partial charge on any atom is -0.493 e. The number of carbonyl (C=O) groups excluding carboxylic acids is 1. The van der Waals surface area contributed by atoms with Gasteiger partial charge in [-0.15, -0.1) is 0 Å². The predicted molar refractivity (Wildman–Crippen MR) is 151 cm³/mol. The first kappa shape index (κ1) is 29.2. The molecule has 0 saturated heterocycles. The summed E-state index contributed by atoms with van der Waals surface area (Å²) in [4.78, 5) is 32.2. The maximum absolute atomic E-state index is 14.0. The largest absolute Gasteiger partial charge is 0.493 e. The van der Waals surface area contributed by atoms with Crippen LogP contribution < -0.4 is 38.6 Å². The van der Waals surface area contributed by atoms with Crippen molar-refractivity contribution < 1.29 is 33.2 Å². The average molecular weight is 580 g/mol. The highest BCUT2D eigenvalue weighted by atomic mass is 32.1. The smallest absolute Gasteiger partial charge is 0.338 e. The van der Waals surface area contributed by atoms with Gasteiger partial charge in [0.25, 0.3) is 5.56 Å². The zero-order valence-electron chi connectivity index (χ0n) is 23.5. The van der Waals surface area contributed by atoms with Gasteiger partial charge in [-0.2, -0.15) is 5.26 Å². The molecule has 0 spiro atoms. The lowest BCUT2D eigenvalue weighted by Gasteiger charge is -2.26. The Hall–Kier alpha value is -4.76. The van der Waals surface area contributed by atoms with Crippen LogP contribution in [0.15, 0.2) is 51.4 Å². The first-order chi connectivity index (χ1) is 19.8. The number of ether oxygens (including phenoxy) is 6. The summed E-state index contributed by atoms with van der Waals surface area (Å²) in [5, 5.41) is 8.82. The highest BCUT2D eigenvalue weighted by molar-refractivity contribution is 7.07. The summed E-state index contributed by atoms with van der Waals surface area (Å²) < 4.78 is 34.6. The van der Waals surface area contributed by atoms with E-state index in [1.807, 2.05) is 6.07 Å². The van der Waals surface area contributed by atoms with E-state index < -0.39 is 12.0 Å². The number of nitrogens with zero attached hydrogens (tertiary/aromatic N) is 3. The topological polar surface area (TPSA) is 131 Å². The van der Waals surface area contributed by atoms with Gasteiger partial charge < -0.3 is 28.4 Å². The maximum atomic E-state index is 14.0. The standard InChI is InChI=1S/C29H29N3O8S/c1-7-39-28(34)24-16(2)31-29-32(25(24)18-14-21(36-4)26(38-6)22(15-18)37-5)27(33)23(41-29)13-17-8-9-19(40-11-10-30)20(12-17)35-3/h8-9,12-15,25H,7,11H2,1-6H3/b23-13-/t25-/m1/s1. The van der Waals surface area contributed by atoms with Gasteiger partial charge in [-0.25, -0.2) is 9.79 Å². The van der Waals surface area contributed by atoms with Crippen molar-refractivity contribution >= 4 is 23.4 Å². The molecule has 1 atom stereocenters. The van der Waals surface area contributed by atoms with Crippen LogP contribution in [0.25, 0.3) is 6.08 Å². The van der Waals surface area contributed by atoms with Crippen LogP contribution in [0.4, 0.5) is 0 Å². The van der Waals surface area contributed by atoms with Crippen LogP contribution in [0.5, 0.6) is 28.7 Å². The third-order valence-electron chi connectivity index (χ3n) is 6.30. The Morgan fingerprint density at radius 3 is 2.32 bits per heavy atom. The minimum absolute atomic E-state index is 0.128. The Labute approximate surface area is 240 Å². The normalized spacial score (nSPS) is 14.5. The molecule has 4 rings (SSSR count). The molecule has 3 aromatic rings. The summed E-state index contributed by atoms with van der Waals surface area (Å²) in [6, 6.07) is 9.57. The Morgan fingerprint density at radius 2 is 1.73 bits per heavy atom. The second kappa shape index (κ2) is 12.6. The van der Waals surface area contributed by atoms with Crippen molar-refractivity contribution in [3.63, 3.8) is 0 Å². The molecule has 11 nitrogen and oxygen atoms in total. The van der Waals surface area contributed by atoms with E-state index >= 15 is 0 Å². The predicted octanol–water partition coefficient (Wildman–Crippen LogP) is 2.74. The van der Waals surface area contributed by atoms with Crippen LogP contribution in [0.2, 0.25) is 0 Å². The van der Waals surface area contributed by atoms with E-state index in [1.165, 1.54) is 44.3 Å². The number of methoxy groups -OCH3 is 4. The van der Waals surface area contributed by atoms with Crippen molar-refractivity contribution in [3.05, 3.63) is 72.4 Å². The number of hydrogen-bond donors (Lipinski definition) is 0. The van der Waals surface area contributed by atoms with Gasteiger partial charge in [0.15, 0.2) is 34.4 Å². The van der Waals surface area contributed by atoms with Gasteiger partial charge in [0.1, 0.15) is 6.07 Å². The molecular formula is C29H29N3O8S. The van der Waals surface area contributed by atoms with Crippen LogP contribution in [-0.4, -0.2) is 52.2 Å². The molecule has 1 aliphatic rings. The monoisotopic (exact) mass is 579 g/mol. The Bertz CT molecular complexity index is 1710. The highest BCUT2D eigenvalue weighted by Gasteiger charge is 2.34. The first-order valence-electron chi connectivity index (χ1n) is 12.5. The summed E-state index contributed by atoms with van der Waals surface area (Å²) in [5.41, 5.74) is 1.51. The van der Waals surface area contributed by atoms with Gasteiger partial charge in [-0.1, -0.05) is 17.4 Å². The Morgan fingerprint density at radius 1 is 1.05 bits per heavy atom. The van der Waals surface area contributed by atoms with Gasteiger partial charge in [-0.3, -0.25) is 9.36 Å². The fourth-order valence-electron chi connectivity index (χ4n) is 4.52. The second-order valence-corrected chi connectivity index (χ2v) is 9.63. The SMILES string of the molecule is CCOC(=O)C1=C(C)N=c2s/c(=C\c3ccc(OCC#N)c(OC)c3)c(=O)n2[C@@H]1c1cc(OC)c(OC)c(OC)c1. The van der Waals surface area contributed by atoms with E-state index in [4.69, 9.17) is 33.7 Å². The first-order valence-corrected chi connectivity index (χ1v) is 13.3. The van der Waals surface area contributed by atoms with Crippen molar-refractivity contribution in [1.29, 1.82) is 5.26 Å². The number of aromatic nitrogens is 1. The molecule has 0 saturated carbocycles. The van der Waals surface area contributed by atoms with Crippen LogP contribution in [0.3, 0.4) is 0 Å². The number of rotatable bonds is 10. The third-order valence-corrected chi connectivity index (χ3v) is 7.28. The summed E-state index contributed by atoms with van der Waals surface area (Å²) in [5.74, 6) is 1.35. The van der Waals surface area contributed by atoms with Crippen LogP contribution in [-0.2, 0) is 9.53 Å². The number of allylic oxidation sites excluding steroid dienone is 1. The molecular weight excluding hydrogens is 550 g/mol. The lowest BCUT2D eigenvalue weighted by Crippen LogP contribution is -2.40. The summed E-state index contributed by atoms with van der Waals surface area (Å²) >= 11 is 1.18. The lowest BCUT2D eigenvalue weighted by molar-refractivity contribution is -0.139. The van der Waals surface area contributed by atoms with E-state index in [1.54, 1.807) is 50.3 Å². The van der Waals surface area contributed by atoms with E-state index in [2.05, 4.69) is 4.99 Å². The average Bonchev–Trinajstić information content (AvgIpc) is 3.28. The van der Waals surface area contributed by atoms with Gasteiger partial charge in [0, 0.05) is 0 Å². The molecule has 1 aromatic heterocycles. The molecule has 1 aliphatic heterocycles. The second-order valence-electron chi connectivity index (χ2n) is 8.62. The van der Waals surface area contributed by atoms with Crippen molar-refractivity contribution in [2.75, 3.05) is 41.7 Å². The molecule has 0 aliphatic carbocycles. The van der Waals surface area contributed by atoms with Crippen LogP contribution in [0, 0.1) is 11.3 Å².